The van der Waals surface area contributed by atoms with Crippen LogP contribution < -0.4 is 0 Å². The van der Waals surface area contributed by atoms with E-state index in [9.17, 15) is 9.59 Å². The molecule has 1 unspecified atom stereocenters. The second-order valence-electron chi connectivity index (χ2n) is 7.61. The molecular formula is C23H44O4S. The van der Waals surface area contributed by atoms with Crippen LogP contribution in [0.4, 0.5) is 0 Å². The van der Waals surface area contributed by atoms with Crippen molar-refractivity contribution in [3.05, 3.63) is 0 Å². The van der Waals surface area contributed by atoms with Crippen molar-refractivity contribution in [1.29, 1.82) is 0 Å². The number of carbonyl (C=O) groups is 2. The van der Waals surface area contributed by atoms with Crippen molar-refractivity contribution in [3.8, 4) is 0 Å². The van der Waals surface area contributed by atoms with Gasteiger partial charge in [0.2, 0.25) is 0 Å². The third-order valence-corrected chi connectivity index (χ3v) is 6.53. The molecule has 166 valence electrons. The Kier molecular flexibility index (Phi) is 20.5. The van der Waals surface area contributed by atoms with Crippen LogP contribution in [0.3, 0.4) is 0 Å². The van der Waals surface area contributed by atoms with E-state index in [1.165, 1.54) is 84.8 Å². The number of carbonyl (C=O) groups excluding carboxylic acids is 2. The molecule has 0 aromatic carbocycles. The van der Waals surface area contributed by atoms with Gasteiger partial charge in [-0.1, -0.05) is 77.6 Å². The molecule has 0 N–H and O–H groups in total. The average molecular weight is 417 g/mol. The SMILES string of the molecule is CCCCCCCCCCCCC(CCCCC(=O)OC)SCCC(=O)OC. The highest BCUT2D eigenvalue weighted by Gasteiger charge is 2.11. The minimum absolute atomic E-state index is 0.121. The molecule has 0 aromatic heterocycles. The fraction of sp³-hybridized carbons (Fsp3) is 0.913. The zero-order valence-corrected chi connectivity index (χ0v) is 19.5. The largest absolute Gasteiger partial charge is 0.469 e. The van der Waals surface area contributed by atoms with Crippen molar-refractivity contribution >= 4 is 23.7 Å². The lowest BCUT2D eigenvalue weighted by Crippen LogP contribution is -2.08. The summed E-state index contributed by atoms with van der Waals surface area (Å²) in [6.45, 7) is 2.26. The molecule has 0 aliphatic heterocycles. The zero-order valence-electron chi connectivity index (χ0n) is 18.6. The molecule has 1 atom stereocenters. The maximum absolute atomic E-state index is 11.3. The van der Waals surface area contributed by atoms with Crippen LogP contribution >= 0.6 is 11.8 Å². The quantitative estimate of drug-likeness (QED) is 0.163. The Morgan fingerprint density at radius 3 is 1.68 bits per heavy atom. The van der Waals surface area contributed by atoms with E-state index >= 15 is 0 Å². The van der Waals surface area contributed by atoms with Crippen molar-refractivity contribution < 1.29 is 19.1 Å². The molecule has 0 aliphatic rings. The summed E-state index contributed by atoms with van der Waals surface area (Å²) in [5, 5.41) is 0.580. The molecule has 5 heteroatoms. The first-order valence-electron chi connectivity index (χ1n) is 11.4. The molecule has 0 amide bonds. The van der Waals surface area contributed by atoms with Crippen molar-refractivity contribution in [3.63, 3.8) is 0 Å². The van der Waals surface area contributed by atoms with Crippen LogP contribution in [0, 0.1) is 0 Å². The Morgan fingerprint density at radius 1 is 0.679 bits per heavy atom. The molecule has 0 radical (unpaired) electrons. The van der Waals surface area contributed by atoms with Gasteiger partial charge in [0.15, 0.2) is 0 Å². The molecule has 0 heterocycles. The van der Waals surface area contributed by atoms with E-state index < -0.39 is 0 Å². The lowest BCUT2D eigenvalue weighted by molar-refractivity contribution is -0.141. The minimum Gasteiger partial charge on any atom is -0.469 e. The molecule has 0 rings (SSSR count). The summed E-state index contributed by atoms with van der Waals surface area (Å²) in [6, 6.07) is 0. The van der Waals surface area contributed by atoms with Gasteiger partial charge in [-0.05, 0) is 19.3 Å². The van der Waals surface area contributed by atoms with Crippen LogP contribution in [0.1, 0.15) is 110 Å². The molecule has 0 bridgehead atoms. The second kappa shape index (κ2) is 21.0. The highest BCUT2D eigenvalue weighted by atomic mass is 32.2. The van der Waals surface area contributed by atoms with E-state index in [1.807, 2.05) is 11.8 Å². The van der Waals surface area contributed by atoms with Gasteiger partial charge in [-0.15, -0.1) is 0 Å². The number of unbranched alkanes of at least 4 members (excludes halogenated alkanes) is 10. The van der Waals surface area contributed by atoms with Crippen LogP contribution in [0.15, 0.2) is 0 Å². The first kappa shape index (κ1) is 27.3. The smallest absolute Gasteiger partial charge is 0.306 e. The molecular weight excluding hydrogens is 372 g/mol. The highest BCUT2D eigenvalue weighted by molar-refractivity contribution is 7.99. The molecule has 0 spiro atoms. The van der Waals surface area contributed by atoms with Gasteiger partial charge >= 0.3 is 11.9 Å². The van der Waals surface area contributed by atoms with Crippen molar-refractivity contribution in [2.75, 3.05) is 20.0 Å². The Bertz CT molecular complexity index is 374. The minimum atomic E-state index is -0.129. The molecule has 4 nitrogen and oxygen atoms in total. The summed E-state index contributed by atoms with van der Waals surface area (Å²) in [6.07, 6.45) is 18.8. The maximum Gasteiger partial charge on any atom is 0.306 e. The third-order valence-electron chi connectivity index (χ3n) is 5.15. The van der Waals surface area contributed by atoms with Gasteiger partial charge in [-0.2, -0.15) is 11.8 Å². The highest BCUT2D eigenvalue weighted by Crippen LogP contribution is 2.25. The predicted octanol–water partition coefficient (Wildman–Crippen LogP) is 6.70. The predicted molar refractivity (Wildman–Crippen MR) is 120 cm³/mol. The summed E-state index contributed by atoms with van der Waals surface area (Å²) >= 11 is 1.89. The lowest BCUT2D eigenvalue weighted by Gasteiger charge is -2.16. The maximum atomic E-state index is 11.3. The third kappa shape index (κ3) is 18.6. The summed E-state index contributed by atoms with van der Waals surface area (Å²) in [5.41, 5.74) is 0. The normalized spacial score (nSPS) is 12.0. The number of methoxy groups -OCH3 is 2. The van der Waals surface area contributed by atoms with Crippen molar-refractivity contribution in [2.24, 2.45) is 0 Å². The van der Waals surface area contributed by atoms with Gasteiger partial charge in [0, 0.05) is 17.4 Å². The fourth-order valence-corrected chi connectivity index (χ4v) is 4.61. The number of hydrogen-bond acceptors (Lipinski definition) is 5. The molecule has 0 aliphatic carbocycles. The lowest BCUT2D eigenvalue weighted by atomic mass is 10.0. The monoisotopic (exact) mass is 416 g/mol. The average Bonchev–Trinajstić information content (AvgIpc) is 2.71. The summed E-state index contributed by atoms with van der Waals surface area (Å²) in [7, 11) is 2.89. The van der Waals surface area contributed by atoms with E-state index in [1.54, 1.807) is 0 Å². The Hall–Kier alpha value is -0.710. The van der Waals surface area contributed by atoms with Gasteiger partial charge in [0.05, 0.1) is 20.6 Å². The molecule has 0 saturated heterocycles. The van der Waals surface area contributed by atoms with Gasteiger partial charge in [0.25, 0.3) is 0 Å². The number of esters is 2. The molecule has 0 saturated carbocycles. The van der Waals surface area contributed by atoms with E-state index in [-0.39, 0.29) is 11.9 Å². The fourth-order valence-electron chi connectivity index (χ4n) is 3.32. The molecule has 0 fully saturated rings. The second-order valence-corrected chi connectivity index (χ2v) is 9.02. The van der Waals surface area contributed by atoms with E-state index in [0.29, 0.717) is 18.1 Å². The summed E-state index contributed by atoms with van der Waals surface area (Å²) < 4.78 is 9.44. The van der Waals surface area contributed by atoms with Gasteiger partial charge < -0.3 is 9.47 Å². The Morgan fingerprint density at radius 2 is 1.14 bits per heavy atom. The van der Waals surface area contributed by atoms with Crippen LogP contribution in [0.2, 0.25) is 0 Å². The van der Waals surface area contributed by atoms with Crippen molar-refractivity contribution in [1.82, 2.24) is 0 Å². The standard InChI is InChI=1S/C23H44O4S/c1-4-5-6-7-8-9-10-11-12-13-16-21(28-20-19-23(25)27-3)17-14-15-18-22(24)26-2/h21H,4-20H2,1-3H3. The molecule has 28 heavy (non-hydrogen) atoms. The van der Waals surface area contributed by atoms with E-state index in [2.05, 4.69) is 6.92 Å². The summed E-state index contributed by atoms with van der Waals surface area (Å²) in [5.74, 6) is 0.576. The Labute approximate surface area is 177 Å². The number of hydrogen-bond donors (Lipinski definition) is 0. The van der Waals surface area contributed by atoms with Crippen LogP contribution in [0.25, 0.3) is 0 Å². The first-order valence-corrected chi connectivity index (χ1v) is 12.4. The van der Waals surface area contributed by atoms with E-state index in [4.69, 9.17) is 9.47 Å². The van der Waals surface area contributed by atoms with Crippen LogP contribution in [-0.4, -0.2) is 37.2 Å². The number of ether oxygens (including phenoxy) is 2. The van der Waals surface area contributed by atoms with E-state index in [0.717, 1.165) is 25.0 Å². The van der Waals surface area contributed by atoms with Gasteiger partial charge in [-0.25, -0.2) is 0 Å². The topological polar surface area (TPSA) is 52.6 Å². The number of thioether (sulfide) groups is 1. The van der Waals surface area contributed by atoms with Crippen LogP contribution in [-0.2, 0) is 19.1 Å². The van der Waals surface area contributed by atoms with Gasteiger partial charge in [-0.3, -0.25) is 9.59 Å². The number of rotatable bonds is 20. The molecule has 0 aromatic rings. The zero-order chi connectivity index (χ0) is 20.9. The van der Waals surface area contributed by atoms with Crippen molar-refractivity contribution in [2.45, 2.75) is 115 Å². The van der Waals surface area contributed by atoms with Crippen LogP contribution in [0.5, 0.6) is 0 Å². The first-order chi connectivity index (χ1) is 13.6. The summed E-state index contributed by atoms with van der Waals surface area (Å²) in [4.78, 5) is 22.5. The Balaban J connectivity index is 3.86. The van der Waals surface area contributed by atoms with Gasteiger partial charge in [0.1, 0.15) is 0 Å².